The van der Waals surface area contributed by atoms with E-state index >= 15 is 0 Å². The summed E-state index contributed by atoms with van der Waals surface area (Å²) in [4.78, 5) is 8.28. The van der Waals surface area contributed by atoms with Gasteiger partial charge in [-0.05, 0) is 18.6 Å². The molecule has 0 radical (unpaired) electrons. The summed E-state index contributed by atoms with van der Waals surface area (Å²) < 4.78 is 0. The van der Waals surface area contributed by atoms with Gasteiger partial charge < -0.3 is 0 Å². The first-order chi connectivity index (χ1) is 5.88. The topological polar surface area (TPSA) is 25.8 Å². The molecule has 0 bridgehead atoms. The van der Waals surface area contributed by atoms with Crippen molar-refractivity contribution < 1.29 is 0 Å². The monoisotopic (exact) mass is 160 g/mol. The molecule has 0 N–H and O–H groups in total. The number of allylic oxidation sites excluding steroid dienone is 1. The lowest BCUT2D eigenvalue weighted by Gasteiger charge is -1.95. The molecule has 2 nitrogen and oxygen atoms in total. The molecule has 0 spiro atoms. The molecule has 0 atom stereocenters. The molecule has 0 unspecified atom stereocenters. The molecule has 0 amide bonds. The fraction of sp³-hybridized carbons (Fsp3) is 0.200. The van der Waals surface area contributed by atoms with Crippen LogP contribution in [0.5, 0.6) is 0 Å². The van der Waals surface area contributed by atoms with Crippen LogP contribution < -0.4 is 0 Å². The molecular formula is C10H12N2. The number of nitrogens with zero attached hydrogens (tertiary/aromatic N) is 2. The van der Waals surface area contributed by atoms with Crippen LogP contribution in [0.25, 0.3) is 12.2 Å². The van der Waals surface area contributed by atoms with Crippen molar-refractivity contribution in [2.24, 2.45) is 0 Å². The van der Waals surface area contributed by atoms with Crippen molar-refractivity contribution >= 4 is 12.2 Å². The third-order valence-corrected chi connectivity index (χ3v) is 1.46. The van der Waals surface area contributed by atoms with Crippen LogP contribution in [-0.2, 0) is 0 Å². The zero-order valence-corrected chi connectivity index (χ0v) is 7.20. The van der Waals surface area contributed by atoms with Gasteiger partial charge in [0.15, 0.2) is 0 Å². The van der Waals surface area contributed by atoms with Gasteiger partial charge in [-0.15, -0.1) is 0 Å². The van der Waals surface area contributed by atoms with Crippen LogP contribution in [0.4, 0.5) is 0 Å². The van der Waals surface area contributed by atoms with E-state index in [0.717, 1.165) is 17.8 Å². The summed E-state index contributed by atoms with van der Waals surface area (Å²) in [6.07, 6.45) is 10.1. The predicted molar refractivity (Wildman–Crippen MR) is 51.4 cm³/mol. The minimum Gasteiger partial charge on any atom is -0.253 e. The van der Waals surface area contributed by atoms with E-state index in [0.29, 0.717) is 0 Å². The Morgan fingerprint density at radius 1 is 1.33 bits per heavy atom. The lowest BCUT2D eigenvalue weighted by Crippen LogP contribution is -1.88. The van der Waals surface area contributed by atoms with Crippen LogP contribution in [0.1, 0.15) is 24.7 Å². The van der Waals surface area contributed by atoms with Gasteiger partial charge in [0.05, 0.1) is 11.4 Å². The molecule has 0 aliphatic carbocycles. The van der Waals surface area contributed by atoms with E-state index in [2.05, 4.69) is 29.5 Å². The van der Waals surface area contributed by atoms with Gasteiger partial charge in [-0.2, -0.15) is 0 Å². The van der Waals surface area contributed by atoms with Crippen LogP contribution in [0.15, 0.2) is 25.0 Å². The third kappa shape index (κ3) is 2.02. The average molecular weight is 160 g/mol. The van der Waals surface area contributed by atoms with E-state index in [1.165, 1.54) is 0 Å². The highest BCUT2D eigenvalue weighted by Gasteiger charge is 1.94. The zero-order chi connectivity index (χ0) is 8.81. The van der Waals surface area contributed by atoms with Crippen LogP contribution in [0.3, 0.4) is 0 Å². The first kappa shape index (κ1) is 8.65. The molecule has 0 fully saturated rings. The van der Waals surface area contributed by atoms with E-state index in [9.17, 15) is 0 Å². The summed E-state index contributed by atoms with van der Waals surface area (Å²) in [6, 6.07) is 0. The average Bonchev–Trinajstić information content (AvgIpc) is 2.15. The van der Waals surface area contributed by atoms with Crippen LogP contribution >= 0.6 is 0 Å². The largest absolute Gasteiger partial charge is 0.253 e. The van der Waals surface area contributed by atoms with Crippen molar-refractivity contribution in [3.63, 3.8) is 0 Å². The number of hydrogen-bond donors (Lipinski definition) is 0. The summed E-state index contributed by atoms with van der Waals surface area (Å²) in [7, 11) is 0. The molecule has 62 valence electrons. The van der Waals surface area contributed by atoms with E-state index < -0.39 is 0 Å². The minimum absolute atomic E-state index is 0.835. The quantitative estimate of drug-likeness (QED) is 0.679. The molecule has 0 aliphatic rings. The van der Waals surface area contributed by atoms with Gasteiger partial charge in [0, 0.05) is 12.4 Å². The van der Waals surface area contributed by atoms with Crippen LogP contribution in [-0.4, -0.2) is 9.97 Å². The smallest absolute Gasteiger partial charge is 0.0883 e. The first-order valence-electron chi connectivity index (χ1n) is 3.98. The molecule has 1 aromatic heterocycles. The highest BCUT2D eigenvalue weighted by molar-refractivity contribution is 5.57. The van der Waals surface area contributed by atoms with Gasteiger partial charge in [-0.3, -0.25) is 9.97 Å². The summed E-state index contributed by atoms with van der Waals surface area (Å²) in [5.41, 5.74) is 1.72. The second-order valence-corrected chi connectivity index (χ2v) is 2.34. The zero-order valence-electron chi connectivity index (χ0n) is 7.20. The molecule has 1 aromatic rings. The second-order valence-electron chi connectivity index (χ2n) is 2.34. The SMILES string of the molecule is C=Cc1nccnc1C=CCC. The molecule has 2 heteroatoms. The highest BCUT2D eigenvalue weighted by Crippen LogP contribution is 2.05. The van der Waals surface area contributed by atoms with Gasteiger partial charge in [0.2, 0.25) is 0 Å². The summed E-state index contributed by atoms with van der Waals surface area (Å²) in [5, 5.41) is 0. The number of aromatic nitrogens is 2. The van der Waals surface area contributed by atoms with Crippen LogP contribution in [0.2, 0.25) is 0 Å². The van der Waals surface area contributed by atoms with Crippen molar-refractivity contribution in [3.05, 3.63) is 36.4 Å². The van der Waals surface area contributed by atoms with Gasteiger partial charge in [0.1, 0.15) is 0 Å². The Morgan fingerprint density at radius 3 is 2.58 bits per heavy atom. The van der Waals surface area contributed by atoms with Gasteiger partial charge in [-0.1, -0.05) is 19.6 Å². The maximum absolute atomic E-state index is 4.17. The van der Waals surface area contributed by atoms with Crippen molar-refractivity contribution in [1.29, 1.82) is 0 Å². The lowest BCUT2D eigenvalue weighted by atomic mass is 10.2. The molecule has 0 aliphatic heterocycles. The fourth-order valence-electron chi connectivity index (χ4n) is 0.875. The number of hydrogen-bond acceptors (Lipinski definition) is 2. The Labute approximate surface area is 72.7 Å². The maximum Gasteiger partial charge on any atom is 0.0883 e. The predicted octanol–water partition coefficient (Wildman–Crippen LogP) is 2.54. The van der Waals surface area contributed by atoms with Crippen LogP contribution in [0, 0.1) is 0 Å². The molecule has 1 heterocycles. The molecule has 0 saturated heterocycles. The Kier molecular flexibility index (Phi) is 3.20. The van der Waals surface area contributed by atoms with Crippen molar-refractivity contribution in [2.45, 2.75) is 13.3 Å². The Balaban J connectivity index is 2.96. The van der Waals surface area contributed by atoms with E-state index in [1.807, 2.05) is 6.08 Å². The Morgan fingerprint density at radius 2 is 2.00 bits per heavy atom. The van der Waals surface area contributed by atoms with Gasteiger partial charge in [-0.25, -0.2) is 0 Å². The molecule has 12 heavy (non-hydrogen) atoms. The maximum atomic E-state index is 4.17. The number of rotatable bonds is 3. The standard InChI is InChI=1S/C10H12N2/c1-3-5-6-10-9(4-2)11-7-8-12-10/h4-8H,2-3H2,1H3. The third-order valence-electron chi connectivity index (χ3n) is 1.46. The Hall–Kier alpha value is -1.44. The minimum atomic E-state index is 0.835. The fourth-order valence-corrected chi connectivity index (χ4v) is 0.875. The van der Waals surface area contributed by atoms with E-state index in [1.54, 1.807) is 18.5 Å². The first-order valence-corrected chi connectivity index (χ1v) is 3.98. The van der Waals surface area contributed by atoms with E-state index in [-0.39, 0.29) is 0 Å². The second kappa shape index (κ2) is 4.44. The lowest BCUT2D eigenvalue weighted by molar-refractivity contribution is 1.15. The normalized spacial score (nSPS) is 10.4. The summed E-state index contributed by atoms with van der Waals surface area (Å²) in [6.45, 7) is 5.75. The van der Waals surface area contributed by atoms with Crippen molar-refractivity contribution in [2.75, 3.05) is 0 Å². The molecule has 0 aromatic carbocycles. The molecule has 0 saturated carbocycles. The summed E-state index contributed by atoms with van der Waals surface area (Å²) >= 11 is 0. The van der Waals surface area contributed by atoms with Crippen molar-refractivity contribution in [1.82, 2.24) is 9.97 Å². The molecule has 1 rings (SSSR count). The highest BCUT2D eigenvalue weighted by atomic mass is 14.8. The van der Waals surface area contributed by atoms with Crippen molar-refractivity contribution in [3.8, 4) is 0 Å². The van der Waals surface area contributed by atoms with Gasteiger partial charge in [0.25, 0.3) is 0 Å². The van der Waals surface area contributed by atoms with E-state index in [4.69, 9.17) is 0 Å². The molecular weight excluding hydrogens is 148 g/mol. The van der Waals surface area contributed by atoms with Gasteiger partial charge >= 0.3 is 0 Å². The Bertz CT molecular complexity index is 290. The summed E-state index contributed by atoms with van der Waals surface area (Å²) in [5.74, 6) is 0.